The number of hydrogen-bond acceptors (Lipinski definition) is 3. The molecule has 98 valence electrons. The monoisotopic (exact) mass is 255 g/mol. The lowest BCUT2D eigenvalue weighted by molar-refractivity contribution is 0.0950. The molecule has 0 atom stereocenters. The molecular weight excluding hydrogens is 238 g/mol. The fourth-order valence-electron chi connectivity index (χ4n) is 1.87. The predicted molar refractivity (Wildman–Crippen MR) is 74.5 cm³/mol. The Morgan fingerprint density at radius 1 is 1.26 bits per heavy atom. The lowest BCUT2D eigenvalue weighted by Gasteiger charge is -2.08. The molecule has 0 saturated carbocycles. The molecule has 0 aliphatic carbocycles. The van der Waals surface area contributed by atoms with Gasteiger partial charge in [-0.15, -0.1) is 0 Å². The molecule has 0 bridgehead atoms. The van der Waals surface area contributed by atoms with E-state index in [-0.39, 0.29) is 5.91 Å². The number of amides is 1. The van der Waals surface area contributed by atoms with Crippen LogP contribution >= 0.6 is 0 Å². The highest BCUT2D eigenvalue weighted by molar-refractivity contribution is 5.95. The highest BCUT2D eigenvalue weighted by Gasteiger charge is 2.08. The van der Waals surface area contributed by atoms with E-state index < -0.39 is 0 Å². The summed E-state index contributed by atoms with van der Waals surface area (Å²) in [6.45, 7) is 2.81. The van der Waals surface area contributed by atoms with Gasteiger partial charge in [-0.2, -0.15) is 0 Å². The molecule has 1 heterocycles. The summed E-state index contributed by atoms with van der Waals surface area (Å²) >= 11 is 0. The molecule has 0 saturated heterocycles. The number of rotatable bonds is 4. The Kier molecular flexibility index (Phi) is 4.26. The van der Waals surface area contributed by atoms with Gasteiger partial charge in [-0.05, 0) is 30.2 Å². The van der Waals surface area contributed by atoms with Crippen LogP contribution in [0.3, 0.4) is 0 Å². The summed E-state index contributed by atoms with van der Waals surface area (Å²) in [7, 11) is 0. The molecule has 2 aromatic rings. The molecule has 0 fully saturated rings. The molecule has 0 aliphatic heterocycles. The minimum absolute atomic E-state index is 0.108. The van der Waals surface area contributed by atoms with E-state index in [9.17, 15) is 4.79 Å². The Morgan fingerprint density at radius 3 is 2.79 bits per heavy atom. The summed E-state index contributed by atoms with van der Waals surface area (Å²) in [6.07, 6.45) is 1.68. The number of benzene rings is 1. The van der Waals surface area contributed by atoms with Gasteiger partial charge in [0.2, 0.25) is 0 Å². The Hall–Kier alpha value is -2.20. The van der Waals surface area contributed by atoms with Crippen LogP contribution in [0.5, 0.6) is 0 Å². The molecule has 1 amide bonds. The zero-order chi connectivity index (χ0) is 13.7. The average molecular weight is 255 g/mol. The fraction of sp³-hybridized carbons (Fsp3) is 0.200. The van der Waals surface area contributed by atoms with E-state index in [4.69, 9.17) is 5.73 Å². The van der Waals surface area contributed by atoms with Gasteiger partial charge in [0.05, 0.1) is 5.56 Å². The molecule has 4 heteroatoms. The second kappa shape index (κ2) is 6.11. The summed E-state index contributed by atoms with van der Waals surface area (Å²) < 4.78 is 0. The molecule has 1 aromatic carbocycles. The Morgan fingerprint density at radius 2 is 2.05 bits per heavy atom. The lowest BCUT2D eigenvalue weighted by atomic mass is 10.1. The summed E-state index contributed by atoms with van der Waals surface area (Å²) in [6, 6.07) is 11.4. The summed E-state index contributed by atoms with van der Waals surface area (Å²) in [5.74, 6) is -0.108. The molecule has 2 rings (SSSR count). The number of nitrogens with one attached hydrogen (secondary N) is 1. The van der Waals surface area contributed by atoms with Crippen molar-refractivity contribution < 1.29 is 4.79 Å². The second-order valence-electron chi connectivity index (χ2n) is 4.34. The normalized spacial score (nSPS) is 10.2. The van der Waals surface area contributed by atoms with E-state index in [2.05, 4.69) is 10.3 Å². The van der Waals surface area contributed by atoms with Crippen LogP contribution in [0.15, 0.2) is 42.6 Å². The molecule has 0 spiro atoms. The van der Waals surface area contributed by atoms with Crippen molar-refractivity contribution in [2.75, 3.05) is 0 Å². The smallest absolute Gasteiger partial charge is 0.253 e. The third kappa shape index (κ3) is 3.39. The number of carbonyl (C=O) groups is 1. The predicted octanol–water partition coefficient (Wildman–Crippen LogP) is 1.78. The molecule has 1 aromatic heterocycles. The van der Waals surface area contributed by atoms with Crippen molar-refractivity contribution in [1.29, 1.82) is 0 Å². The number of carbonyl (C=O) groups excluding carboxylic acids is 1. The van der Waals surface area contributed by atoms with E-state index in [1.54, 1.807) is 18.3 Å². The molecule has 0 aliphatic rings. The lowest BCUT2D eigenvalue weighted by Crippen LogP contribution is -2.23. The van der Waals surface area contributed by atoms with Crippen molar-refractivity contribution in [3.05, 3.63) is 65.0 Å². The van der Waals surface area contributed by atoms with Gasteiger partial charge in [0.15, 0.2) is 0 Å². The first-order chi connectivity index (χ1) is 9.20. The van der Waals surface area contributed by atoms with Crippen molar-refractivity contribution >= 4 is 5.91 Å². The number of hydrogen-bond donors (Lipinski definition) is 2. The van der Waals surface area contributed by atoms with E-state index in [1.165, 1.54) is 0 Å². The number of nitrogens with two attached hydrogens (primary N) is 1. The fourth-order valence-corrected chi connectivity index (χ4v) is 1.87. The van der Waals surface area contributed by atoms with Gasteiger partial charge in [0, 0.05) is 25.0 Å². The van der Waals surface area contributed by atoms with E-state index >= 15 is 0 Å². The number of aryl methyl sites for hydroxylation is 1. The van der Waals surface area contributed by atoms with Crippen LogP contribution in [0.25, 0.3) is 0 Å². The second-order valence-corrected chi connectivity index (χ2v) is 4.34. The Labute approximate surface area is 112 Å². The molecule has 4 nitrogen and oxygen atoms in total. The first-order valence-electron chi connectivity index (χ1n) is 6.18. The van der Waals surface area contributed by atoms with Crippen LogP contribution in [0.1, 0.15) is 27.2 Å². The zero-order valence-corrected chi connectivity index (χ0v) is 10.9. The standard InChI is InChI=1S/C15H17N3O/c1-11-14(6-3-7-17-11)15(19)18-10-13-5-2-4-12(8-13)9-16/h2-8H,9-10,16H2,1H3,(H,18,19). The quantitative estimate of drug-likeness (QED) is 0.875. The van der Waals surface area contributed by atoms with Gasteiger partial charge < -0.3 is 11.1 Å². The molecule has 0 radical (unpaired) electrons. The van der Waals surface area contributed by atoms with Crippen molar-refractivity contribution in [1.82, 2.24) is 10.3 Å². The largest absolute Gasteiger partial charge is 0.348 e. The SMILES string of the molecule is Cc1ncccc1C(=O)NCc1cccc(CN)c1. The summed E-state index contributed by atoms with van der Waals surface area (Å²) in [4.78, 5) is 16.1. The summed E-state index contributed by atoms with van der Waals surface area (Å²) in [5.41, 5.74) is 9.03. The highest BCUT2D eigenvalue weighted by atomic mass is 16.1. The van der Waals surface area contributed by atoms with Crippen LogP contribution in [0.4, 0.5) is 0 Å². The van der Waals surface area contributed by atoms with Crippen molar-refractivity contribution in [2.24, 2.45) is 5.73 Å². The van der Waals surface area contributed by atoms with Gasteiger partial charge in [-0.25, -0.2) is 0 Å². The van der Waals surface area contributed by atoms with Gasteiger partial charge in [0.25, 0.3) is 5.91 Å². The maximum Gasteiger partial charge on any atom is 0.253 e. The topological polar surface area (TPSA) is 68.0 Å². The number of nitrogens with zero attached hydrogens (tertiary/aromatic N) is 1. The van der Waals surface area contributed by atoms with E-state index in [0.717, 1.165) is 16.8 Å². The number of pyridine rings is 1. The van der Waals surface area contributed by atoms with Crippen LogP contribution in [0.2, 0.25) is 0 Å². The number of aromatic nitrogens is 1. The third-order valence-corrected chi connectivity index (χ3v) is 2.93. The van der Waals surface area contributed by atoms with Gasteiger partial charge in [0.1, 0.15) is 0 Å². The van der Waals surface area contributed by atoms with Crippen LogP contribution in [0, 0.1) is 6.92 Å². The summed E-state index contributed by atoms with van der Waals surface area (Å²) in [5, 5.41) is 2.89. The minimum Gasteiger partial charge on any atom is -0.348 e. The first kappa shape index (κ1) is 13.2. The highest BCUT2D eigenvalue weighted by Crippen LogP contribution is 2.06. The maximum atomic E-state index is 12.0. The van der Waals surface area contributed by atoms with Crippen LogP contribution in [-0.4, -0.2) is 10.9 Å². The van der Waals surface area contributed by atoms with Crippen molar-refractivity contribution in [3.63, 3.8) is 0 Å². The molecule has 19 heavy (non-hydrogen) atoms. The minimum atomic E-state index is -0.108. The molecule has 0 unspecified atom stereocenters. The van der Waals surface area contributed by atoms with E-state index in [0.29, 0.717) is 18.7 Å². The van der Waals surface area contributed by atoms with Crippen LogP contribution < -0.4 is 11.1 Å². The van der Waals surface area contributed by atoms with Crippen LogP contribution in [-0.2, 0) is 13.1 Å². The van der Waals surface area contributed by atoms with Gasteiger partial charge >= 0.3 is 0 Å². The maximum absolute atomic E-state index is 12.0. The van der Waals surface area contributed by atoms with Gasteiger partial charge in [-0.1, -0.05) is 24.3 Å². The first-order valence-corrected chi connectivity index (χ1v) is 6.18. The van der Waals surface area contributed by atoms with Gasteiger partial charge in [-0.3, -0.25) is 9.78 Å². The zero-order valence-electron chi connectivity index (χ0n) is 10.9. The average Bonchev–Trinajstić information content (AvgIpc) is 2.45. The Bertz CT molecular complexity index is 581. The Balaban J connectivity index is 2.02. The third-order valence-electron chi connectivity index (χ3n) is 2.93. The van der Waals surface area contributed by atoms with Crippen molar-refractivity contribution in [2.45, 2.75) is 20.0 Å². The van der Waals surface area contributed by atoms with Crippen molar-refractivity contribution in [3.8, 4) is 0 Å². The van der Waals surface area contributed by atoms with E-state index in [1.807, 2.05) is 31.2 Å². The molecule has 3 N–H and O–H groups in total. The molecular formula is C15H17N3O.